The van der Waals surface area contributed by atoms with Gasteiger partial charge in [-0.25, -0.2) is 0 Å². The monoisotopic (exact) mass is 512 g/mol. The maximum Gasteiger partial charge on any atom is 0.204 e. The number of aryl methyl sites for hydroxylation is 1. The SMILES string of the molecule is COc1c(O)cc2oc3cc(O)c(CC=C(C)CO)c(O)c3c(=O)c2c1CCC(C)(O)CCC=C(C)C. The molecule has 0 radical (unpaired) electrons. The number of ether oxygens (including phenoxy) is 1. The van der Waals surface area contributed by atoms with Gasteiger partial charge in [0.2, 0.25) is 5.43 Å². The van der Waals surface area contributed by atoms with Crippen LogP contribution in [0.2, 0.25) is 0 Å². The number of phenols is 3. The molecule has 8 nitrogen and oxygen atoms in total. The number of hydrogen-bond donors (Lipinski definition) is 5. The number of rotatable bonds is 10. The average Bonchev–Trinajstić information content (AvgIpc) is 2.81. The topological polar surface area (TPSA) is 141 Å². The van der Waals surface area contributed by atoms with E-state index in [1.165, 1.54) is 19.2 Å². The van der Waals surface area contributed by atoms with E-state index in [2.05, 4.69) is 0 Å². The molecule has 37 heavy (non-hydrogen) atoms. The summed E-state index contributed by atoms with van der Waals surface area (Å²) in [5, 5.41) is 52.3. The molecular formula is C29H36O8. The average molecular weight is 513 g/mol. The fourth-order valence-electron chi connectivity index (χ4n) is 4.42. The van der Waals surface area contributed by atoms with Crippen molar-refractivity contribution in [3.63, 3.8) is 0 Å². The van der Waals surface area contributed by atoms with Gasteiger partial charge in [0.1, 0.15) is 28.1 Å². The molecule has 0 aliphatic carbocycles. The Balaban J connectivity index is 2.19. The third-order valence-corrected chi connectivity index (χ3v) is 6.60. The number of phenolic OH excluding ortho intramolecular Hbond substituents is 3. The van der Waals surface area contributed by atoms with Crippen LogP contribution in [0.5, 0.6) is 23.0 Å². The van der Waals surface area contributed by atoms with Crippen molar-refractivity contribution in [3.8, 4) is 23.0 Å². The molecule has 0 aliphatic heterocycles. The highest BCUT2D eigenvalue weighted by atomic mass is 16.5. The van der Waals surface area contributed by atoms with Crippen molar-refractivity contribution < 1.29 is 34.7 Å². The zero-order chi connectivity index (χ0) is 27.5. The number of aromatic hydroxyl groups is 3. The Morgan fingerprint density at radius 1 is 1.00 bits per heavy atom. The Labute approximate surface area is 215 Å². The molecule has 5 N–H and O–H groups in total. The van der Waals surface area contributed by atoms with E-state index in [4.69, 9.17) is 9.15 Å². The summed E-state index contributed by atoms with van der Waals surface area (Å²) in [6.07, 6.45) is 5.49. The highest BCUT2D eigenvalue weighted by Gasteiger charge is 2.26. The molecule has 3 rings (SSSR count). The minimum absolute atomic E-state index is 0.0386. The lowest BCUT2D eigenvalue weighted by Gasteiger charge is -2.24. The van der Waals surface area contributed by atoms with E-state index in [0.717, 1.165) is 5.57 Å². The van der Waals surface area contributed by atoms with E-state index >= 15 is 0 Å². The van der Waals surface area contributed by atoms with Crippen LogP contribution in [0.15, 0.2) is 44.6 Å². The number of allylic oxidation sites excluding steroid dienone is 3. The van der Waals surface area contributed by atoms with E-state index < -0.39 is 16.8 Å². The molecule has 0 saturated carbocycles. The molecule has 0 amide bonds. The van der Waals surface area contributed by atoms with Gasteiger partial charge >= 0.3 is 0 Å². The van der Waals surface area contributed by atoms with Crippen molar-refractivity contribution >= 4 is 21.9 Å². The lowest BCUT2D eigenvalue weighted by Crippen LogP contribution is -2.25. The Kier molecular flexibility index (Phi) is 8.56. The van der Waals surface area contributed by atoms with Crippen molar-refractivity contribution in [2.45, 2.75) is 65.4 Å². The third-order valence-electron chi connectivity index (χ3n) is 6.60. The Morgan fingerprint density at radius 3 is 2.27 bits per heavy atom. The van der Waals surface area contributed by atoms with E-state index in [-0.39, 0.29) is 70.6 Å². The molecule has 0 bridgehead atoms. The molecule has 0 aliphatic rings. The quantitative estimate of drug-likeness (QED) is 0.189. The molecule has 1 aromatic heterocycles. The second-order valence-corrected chi connectivity index (χ2v) is 10.0. The molecule has 0 saturated heterocycles. The van der Waals surface area contributed by atoms with Crippen LogP contribution in [0.4, 0.5) is 0 Å². The summed E-state index contributed by atoms with van der Waals surface area (Å²) >= 11 is 0. The lowest BCUT2D eigenvalue weighted by atomic mass is 9.90. The highest BCUT2D eigenvalue weighted by molar-refractivity contribution is 5.97. The largest absolute Gasteiger partial charge is 0.507 e. The number of hydrogen-bond acceptors (Lipinski definition) is 8. The smallest absolute Gasteiger partial charge is 0.204 e. The molecule has 1 unspecified atom stereocenters. The van der Waals surface area contributed by atoms with Gasteiger partial charge in [-0.2, -0.15) is 0 Å². The third kappa shape index (κ3) is 6.09. The van der Waals surface area contributed by atoms with Crippen LogP contribution in [-0.2, 0) is 12.8 Å². The molecule has 8 heteroatoms. The molecule has 3 aromatic rings. The standard InChI is InChI=1S/C29H36O8/c1-16(2)7-6-11-29(4,35)12-10-19-24-22(14-21(32)28(19)36-5)37-23-13-20(31)18(9-8-17(3)15-30)26(33)25(23)27(24)34/h7-8,13-14,30-33,35H,6,9-12,15H2,1-5H3. The maximum absolute atomic E-state index is 13.8. The Bertz CT molecular complexity index is 1420. The first kappa shape index (κ1) is 28.1. The number of aliphatic hydroxyl groups excluding tert-OH is 1. The van der Waals surface area contributed by atoms with E-state index in [1.807, 2.05) is 19.9 Å². The van der Waals surface area contributed by atoms with Crippen LogP contribution in [0.25, 0.3) is 21.9 Å². The first-order valence-corrected chi connectivity index (χ1v) is 12.3. The fourth-order valence-corrected chi connectivity index (χ4v) is 4.42. The summed E-state index contributed by atoms with van der Waals surface area (Å²) in [6.45, 7) is 7.24. The minimum atomic E-state index is -1.04. The van der Waals surface area contributed by atoms with E-state index in [9.17, 15) is 30.3 Å². The first-order chi connectivity index (χ1) is 17.4. The second-order valence-electron chi connectivity index (χ2n) is 10.0. The zero-order valence-corrected chi connectivity index (χ0v) is 22.0. The van der Waals surface area contributed by atoms with Gasteiger partial charge in [-0.05, 0) is 59.8 Å². The lowest BCUT2D eigenvalue weighted by molar-refractivity contribution is 0.0432. The zero-order valence-electron chi connectivity index (χ0n) is 22.0. The summed E-state index contributed by atoms with van der Waals surface area (Å²) in [4.78, 5) is 13.8. The van der Waals surface area contributed by atoms with Gasteiger partial charge in [-0.1, -0.05) is 23.3 Å². The summed E-state index contributed by atoms with van der Waals surface area (Å²) in [6, 6.07) is 2.52. The fraction of sp³-hybridized carbons (Fsp3) is 0.414. The van der Waals surface area contributed by atoms with Gasteiger partial charge in [0.15, 0.2) is 11.5 Å². The summed E-state index contributed by atoms with van der Waals surface area (Å²) in [7, 11) is 1.38. The number of fused-ring (bicyclic) bond motifs is 2. The van der Waals surface area contributed by atoms with Crippen molar-refractivity contribution in [1.82, 2.24) is 0 Å². The van der Waals surface area contributed by atoms with Crippen LogP contribution < -0.4 is 10.2 Å². The van der Waals surface area contributed by atoms with Crippen molar-refractivity contribution in [3.05, 3.63) is 56.8 Å². The minimum Gasteiger partial charge on any atom is -0.507 e. The van der Waals surface area contributed by atoms with E-state index in [0.29, 0.717) is 24.0 Å². The second kappa shape index (κ2) is 11.3. The molecule has 0 fully saturated rings. The Morgan fingerprint density at radius 2 is 1.65 bits per heavy atom. The van der Waals surface area contributed by atoms with Crippen LogP contribution in [0, 0.1) is 0 Å². The summed E-state index contributed by atoms with van der Waals surface area (Å²) < 4.78 is 11.3. The normalized spacial score (nSPS) is 13.6. The predicted octanol–water partition coefficient (Wildman–Crippen LogP) is 4.98. The summed E-state index contributed by atoms with van der Waals surface area (Å²) in [5.74, 6) is -0.815. The molecule has 1 atom stereocenters. The first-order valence-electron chi connectivity index (χ1n) is 12.3. The predicted molar refractivity (Wildman–Crippen MR) is 144 cm³/mol. The highest BCUT2D eigenvalue weighted by Crippen LogP contribution is 2.41. The van der Waals surface area contributed by atoms with Gasteiger partial charge in [0, 0.05) is 23.3 Å². The van der Waals surface area contributed by atoms with Crippen molar-refractivity contribution in [2.24, 2.45) is 0 Å². The van der Waals surface area contributed by atoms with Crippen LogP contribution in [0.3, 0.4) is 0 Å². The maximum atomic E-state index is 13.8. The van der Waals surface area contributed by atoms with Crippen molar-refractivity contribution in [1.29, 1.82) is 0 Å². The molecular weight excluding hydrogens is 476 g/mol. The molecule has 1 heterocycles. The summed E-state index contributed by atoms with van der Waals surface area (Å²) in [5.41, 5.74) is 0.735. The van der Waals surface area contributed by atoms with Gasteiger partial charge in [-0.15, -0.1) is 0 Å². The number of methoxy groups -OCH3 is 1. The number of benzene rings is 2. The van der Waals surface area contributed by atoms with Crippen LogP contribution in [-0.4, -0.2) is 44.9 Å². The van der Waals surface area contributed by atoms with Crippen LogP contribution in [0.1, 0.15) is 58.1 Å². The van der Waals surface area contributed by atoms with Gasteiger partial charge in [-0.3, -0.25) is 4.79 Å². The van der Waals surface area contributed by atoms with E-state index in [1.54, 1.807) is 19.9 Å². The molecule has 2 aromatic carbocycles. The number of aliphatic hydroxyl groups is 2. The van der Waals surface area contributed by atoms with Gasteiger partial charge in [0.25, 0.3) is 0 Å². The van der Waals surface area contributed by atoms with Crippen LogP contribution >= 0.6 is 0 Å². The Hall–Kier alpha value is -3.49. The van der Waals surface area contributed by atoms with Gasteiger partial charge in [0.05, 0.1) is 24.7 Å². The molecule has 200 valence electrons. The van der Waals surface area contributed by atoms with Crippen molar-refractivity contribution in [2.75, 3.05) is 13.7 Å². The van der Waals surface area contributed by atoms with Gasteiger partial charge < -0.3 is 34.7 Å². The molecule has 0 spiro atoms.